The number of carbonyl (C=O) groups is 2. The van der Waals surface area contributed by atoms with Gasteiger partial charge in [-0.15, -0.1) is 0 Å². The van der Waals surface area contributed by atoms with Gasteiger partial charge < -0.3 is 15.3 Å². The van der Waals surface area contributed by atoms with E-state index in [-0.39, 0.29) is 18.5 Å². The second-order valence-corrected chi connectivity index (χ2v) is 5.26. The molecule has 1 aromatic rings. The van der Waals surface area contributed by atoms with Crippen molar-refractivity contribution >= 4 is 12.0 Å². The van der Waals surface area contributed by atoms with E-state index >= 15 is 0 Å². The quantitative estimate of drug-likeness (QED) is 0.871. The van der Waals surface area contributed by atoms with Gasteiger partial charge in [-0.2, -0.15) is 0 Å². The van der Waals surface area contributed by atoms with Crippen molar-refractivity contribution in [2.75, 3.05) is 13.1 Å². The number of hydrogen-bond acceptors (Lipinski definition) is 3. The Hall–Kier alpha value is -2.11. The Bertz CT molecular complexity index is 518. The van der Waals surface area contributed by atoms with Gasteiger partial charge in [0.1, 0.15) is 0 Å². The number of urea groups is 1. The number of carbonyl (C=O) groups excluding carboxylic acids is 1. The molecule has 1 aromatic heterocycles. The van der Waals surface area contributed by atoms with Crippen LogP contribution in [0.2, 0.25) is 0 Å². The third-order valence-corrected chi connectivity index (χ3v) is 3.58. The van der Waals surface area contributed by atoms with Gasteiger partial charge in [-0.3, -0.25) is 9.78 Å². The Labute approximate surface area is 117 Å². The molecular weight excluding hydrogens is 258 g/mol. The van der Waals surface area contributed by atoms with Crippen LogP contribution in [0.15, 0.2) is 18.2 Å². The summed E-state index contributed by atoms with van der Waals surface area (Å²) in [4.78, 5) is 28.9. The molecular formula is C14H19N3O3. The van der Waals surface area contributed by atoms with E-state index in [2.05, 4.69) is 10.3 Å². The molecule has 2 N–H and O–H groups in total. The van der Waals surface area contributed by atoms with Gasteiger partial charge in [0.15, 0.2) is 0 Å². The lowest BCUT2D eigenvalue weighted by molar-refractivity contribution is -0.142. The lowest BCUT2D eigenvalue weighted by Crippen LogP contribution is -2.38. The fourth-order valence-corrected chi connectivity index (χ4v) is 2.43. The van der Waals surface area contributed by atoms with E-state index < -0.39 is 11.9 Å². The van der Waals surface area contributed by atoms with Crippen molar-refractivity contribution < 1.29 is 14.7 Å². The van der Waals surface area contributed by atoms with Crippen molar-refractivity contribution in [1.29, 1.82) is 0 Å². The highest BCUT2D eigenvalue weighted by atomic mass is 16.4. The Kier molecular flexibility index (Phi) is 4.22. The first-order chi connectivity index (χ1) is 9.47. The fraction of sp³-hybridized carbons (Fsp3) is 0.500. The van der Waals surface area contributed by atoms with Crippen molar-refractivity contribution in [3.8, 4) is 0 Å². The third kappa shape index (κ3) is 3.26. The second kappa shape index (κ2) is 5.90. The molecule has 0 aromatic carbocycles. The van der Waals surface area contributed by atoms with Crippen molar-refractivity contribution in [3.63, 3.8) is 0 Å². The standard InChI is InChI=1S/C14H19N3O3/c1-9-7-17(8-12(9)13(18)19)14(20)15-6-11-5-3-4-10(2)16-11/h3-5,9,12H,6-8H2,1-2H3,(H,15,20)(H,18,19). The number of carboxylic acid groups (broad SMARTS) is 1. The van der Waals surface area contributed by atoms with E-state index in [4.69, 9.17) is 5.11 Å². The van der Waals surface area contributed by atoms with Crippen LogP contribution in [0.3, 0.4) is 0 Å². The van der Waals surface area contributed by atoms with Crippen LogP contribution >= 0.6 is 0 Å². The van der Waals surface area contributed by atoms with Gasteiger partial charge in [0.2, 0.25) is 0 Å². The largest absolute Gasteiger partial charge is 0.481 e. The molecule has 2 atom stereocenters. The summed E-state index contributed by atoms with van der Waals surface area (Å²) in [6, 6.07) is 5.40. The highest BCUT2D eigenvalue weighted by Gasteiger charge is 2.36. The molecule has 108 valence electrons. The third-order valence-electron chi connectivity index (χ3n) is 3.58. The van der Waals surface area contributed by atoms with Crippen molar-refractivity contribution in [1.82, 2.24) is 15.2 Å². The van der Waals surface area contributed by atoms with Gasteiger partial charge >= 0.3 is 12.0 Å². The molecule has 1 aliphatic heterocycles. The van der Waals surface area contributed by atoms with Gasteiger partial charge in [0, 0.05) is 18.8 Å². The zero-order valence-corrected chi connectivity index (χ0v) is 11.7. The van der Waals surface area contributed by atoms with Crippen LogP contribution in [0.25, 0.3) is 0 Å². The number of nitrogens with one attached hydrogen (secondary N) is 1. The van der Waals surface area contributed by atoms with Crippen molar-refractivity contribution in [2.45, 2.75) is 20.4 Å². The molecule has 1 aliphatic rings. The minimum Gasteiger partial charge on any atom is -0.481 e. The van der Waals surface area contributed by atoms with E-state index in [1.165, 1.54) is 0 Å². The van der Waals surface area contributed by atoms with E-state index in [1.807, 2.05) is 32.0 Å². The first kappa shape index (κ1) is 14.3. The van der Waals surface area contributed by atoms with E-state index in [9.17, 15) is 9.59 Å². The molecule has 1 fully saturated rings. The maximum Gasteiger partial charge on any atom is 0.317 e. The zero-order valence-electron chi connectivity index (χ0n) is 11.7. The van der Waals surface area contributed by atoms with Gasteiger partial charge in [-0.1, -0.05) is 13.0 Å². The SMILES string of the molecule is Cc1cccc(CNC(=O)N2CC(C)C(C(=O)O)C2)n1. The summed E-state index contributed by atoms with van der Waals surface area (Å²) in [6.07, 6.45) is 0. The van der Waals surface area contributed by atoms with Crippen molar-refractivity contribution in [3.05, 3.63) is 29.6 Å². The summed E-state index contributed by atoms with van der Waals surface area (Å²) >= 11 is 0. The maximum atomic E-state index is 12.0. The smallest absolute Gasteiger partial charge is 0.317 e. The average molecular weight is 277 g/mol. The molecule has 0 radical (unpaired) electrons. The molecule has 2 rings (SSSR count). The molecule has 6 nitrogen and oxygen atoms in total. The van der Waals surface area contributed by atoms with Crippen LogP contribution in [0, 0.1) is 18.8 Å². The van der Waals surface area contributed by atoms with E-state index in [0.29, 0.717) is 13.1 Å². The normalized spacial score (nSPS) is 21.8. The number of aromatic nitrogens is 1. The van der Waals surface area contributed by atoms with Crippen LogP contribution in [-0.2, 0) is 11.3 Å². The topological polar surface area (TPSA) is 82.5 Å². The first-order valence-corrected chi connectivity index (χ1v) is 6.65. The number of amides is 2. The van der Waals surface area contributed by atoms with Gasteiger partial charge in [0.05, 0.1) is 18.2 Å². The van der Waals surface area contributed by atoms with E-state index in [0.717, 1.165) is 11.4 Å². The molecule has 0 saturated carbocycles. The summed E-state index contributed by atoms with van der Waals surface area (Å²) in [5.41, 5.74) is 1.69. The Morgan fingerprint density at radius 1 is 1.45 bits per heavy atom. The molecule has 20 heavy (non-hydrogen) atoms. The molecule has 2 heterocycles. The van der Waals surface area contributed by atoms with Crippen LogP contribution in [-0.4, -0.2) is 40.1 Å². The minimum absolute atomic E-state index is 0.0182. The summed E-state index contributed by atoms with van der Waals surface area (Å²) in [6.45, 7) is 4.84. The molecule has 1 saturated heterocycles. The number of nitrogens with zero attached hydrogens (tertiary/aromatic N) is 2. The number of likely N-dealkylation sites (tertiary alicyclic amines) is 1. The summed E-state index contributed by atoms with van der Waals surface area (Å²) < 4.78 is 0. The molecule has 2 unspecified atom stereocenters. The second-order valence-electron chi connectivity index (χ2n) is 5.26. The molecule has 0 bridgehead atoms. The van der Waals surface area contributed by atoms with Crippen LogP contribution in [0.1, 0.15) is 18.3 Å². The fourth-order valence-electron chi connectivity index (χ4n) is 2.43. The lowest BCUT2D eigenvalue weighted by atomic mass is 9.99. The average Bonchev–Trinajstić information content (AvgIpc) is 2.78. The summed E-state index contributed by atoms with van der Waals surface area (Å²) in [7, 11) is 0. The highest BCUT2D eigenvalue weighted by Crippen LogP contribution is 2.22. The Morgan fingerprint density at radius 2 is 2.20 bits per heavy atom. The summed E-state index contributed by atoms with van der Waals surface area (Å²) in [5, 5.41) is 11.8. The molecule has 6 heteroatoms. The number of aliphatic carboxylic acids is 1. The number of pyridine rings is 1. The monoisotopic (exact) mass is 277 g/mol. The Morgan fingerprint density at radius 3 is 2.80 bits per heavy atom. The summed E-state index contributed by atoms with van der Waals surface area (Å²) in [5.74, 6) is -1.33. The molecule has 0 spiro atoms. The number of carboxylic acids is 1. The predicted molar refractivity (Wildman–Crippen MR) is 73.1 cm³/mol. The van der Waals surface area contributed by atoms with Crippen LogP contribution < -0.4 is 5.32 Å². The van der Waals surface area contributed by atoms with Crippen molar-refractivity contribution in [2.24, 2.45) is 11.8 Å². The minimum atomic E-state index is -0.840. The van der Waals surface area contributed by atoms with Gasteiger partial charge in [-0.05, 0) is 25.0 Å². The van der Waals surface area contributed by atoms with Crippen LogP contribution in [0.5, 0.6) is 0 Å². The molecule has 0 aliphatic carbocycles. The van der Waals surface area contributed by atoms with Gasteiger partial charge in [0.25, 0.3) is 0 Å². The van der Waals surface area contributed by atoms with Crippen LogP contribution in [0.4, 0.5) is 4.79 Å². The zero-order chi connectivity index (χ0) is 14.7. The first-order valence-electron chi connectivity index (χ1n) is 6.65. The number of hydrogen-bond donors (Lipinski definition) is 2. The Balaban J connectivity index is 1.88. The maximum absolute atomic E-state index is 12.0. The number of rotatable bonds is 3. The number of aryl methyl sites for hydroxylation is 1. The highest BCUT2D eigenvalue weighted by molar-refractivity contribution is 5.77. The lowest BCUT2D eigenvalue weighted by Gasteiger charge is -2.16. The van der Waals surface area contributed by atoms with Gasteiger partial charge in [-0.25, -0.2) is 4.79 Å². The van der Waals surface area contributed by atoms with E-state index in [1.54, 1.807) is 4.90 Å². The predicted octanol–water partition coefficient (Wildman–Crippen LogP) is 1.25. The molecule has 2 amide bonds.